The number of halogens is 5. The Morgan fingerprint density at radius 2 is 2.00 bits per heavy atom. The van der Waals surface area contributed by atoms with Crippen LogP contribution in [0, 0.1) is 17.8 Å². The third-order valence-corrected chi connectivity index (χ3v) is 5.16. The van der Waals surface area contributed by atoms with E-state index in [9.17, 15) is 13.2 Å². The molecule has 144 valence electrons. The summed E-state index contributed by atoms with van der Waals surface area (Å²) >= 11 is 9.35. The summed E-state index contributed by atoms with van der Waals surface area (Å²) in [7, 11) is 0. The van der Waals surface area contributed by atoms with Gasteiger partial charge in [0.15, 0.2) is 0 Å². The van der Waals surface area contributed by atoms with Crippen LogP contribution >= 0.6 is 27.5 Å². The van der Waals surface area contributed by atoms with Gasteiger partial charge in [0.05, 0.1) is 0 Å². The quantitative estimate of drug-likeness (QED) is 0.491. The van der Waals surface area contributed by atoms with Crippen molar-refractivity contribution in [1.82, 2.24) is 0 Å². The molecular formula is C20H14BrClF3N3. The SMILES string of the molecule is FC(F)(F)C1(C#CC2CC2)N=C(Nc2cccc(Br)c2)Nc2ccc(Cl)cc21. The van der Waals surface area contributed by atoms with Crippen LogP contribution in [0.2, 0.25) is 5.02 Å². The normalized spacial score (nSPS) is 21.0. The van der Waals surface area contributed by atoms with E-state index < -0.39 is 11.7 Å². The molecule has 1 atom stereocenters. The molecule has 1 saturated carbocycles. The van der Waals surface area contributed by atoms with Crippen molar-refractivity contribution in [2.24, 2.45) is 10.9 Å². The minimum atomic E-state index is -4.72. The number of nitrogens with zero attached hydrogens (tertiary/aromatic N) is 1. The van der Waals surface area contributed by atoms with E-state index in [1.807, 2.05) is 6.07 Å². The van der Waals surface area contributed by atoms with Gasteiger partial charge in [0, 0.05) is 32.4 Å². The van der Waals surface area contributed by atoms with E-state index in [0.29, 0.717) is 5.69 Å². The van der Waals surface area contributed by atoms with Gasteiger partial charge in [-0.2, -0.15) is 13.2 Å². The standard InChI is InChI=1S/C20H14BrClF3N3/c21-13-2-1-3-15(10-13)26-18-27-17-7-6-14(22)11-16(17)19(28-18,20(23,24)25)9-8-12-4-5-12/h1-3,6-7,10-12H,4-5H2,(H2,26,27,28). The highest BCUT2D eigenvalue weighted by atomic mass is 79.9. The van der Waals surface area contributed by atoms with Gasteiger partial charge in [0.1, 0.15) is 0 Å². The van der Waals surface area contributed by atoms with E-state index in [1.165, 1.54) is 18.2 Å². The first-order valence-electron chi connectivity index (χ1n) is 8.56. The van der Waals surface area contributed by atoms with Crippen LogP contribution in [0.4, 0.5) is 24.5 Å². The highest BCUT2D eigenvalue weighted by Crippen LogP contribution is 2.48. The number of guanidine groups is 1. The lowest BCUT2D eigenvalue weighted by atomic mass is 9.87. The molecule has 0 saturated heterocycles. The molecule has 2 aromatic carbocycles. The van der Waals surface area contributed by atoms with Crippen LogP contribution in [-0.4, -0.2) is 12.1 Å². The monoisotopic (exact) mass is 467 g/mol. The van der Waals surface area contributed by atoms with Crippen molar-refractivity contribution in [3.63, 3.8) is 0 Å². The molecule has 1 aliphatic carbocycles. The minimum Gasteiger partial charge on any atom is -0.326 e. The zero-order chi connectivity index (χ0) is 19.9. The molecule has 0 radical (unpaired) electrons. The van der Waals surface area contributed by atoms with Gasteiger partial charge >= 0.3 is 6.18 Å². The van der Waals surface area contributed by atoms with Gasteiger partial charge in [-0.05, 0) is 49.2 Å². The average Bonchev–Trinajstić information content (AvgIpc) is 3.43. The van der Waals surface area contributed by atoms with E-state index in [-0.39, 0.29) is 28.2 Å². The van der Waals surface area contributed by atoms with E-state index in [0.717, 1.165) is 17.3 Å². The van der Waals surface area contributed by atoms with Crippen molar-refractivity contribution in [2.45, 2.75) is 24.6 Å². The van der Waals surface area contributed by atoms with Crippen molar-refractivity contribution in [3.05, 3.63) is 57.5 Å². The Balaban J connectivity index is 1.85. The van der Waals surface area contributed by atoms with Crippen molar-refractivity contribution in [1.29, 1.82) is 0 Å². The Bertz CT molecular complexity index is 1020. The number of aliphatic imine (C=N–C) groups is 1. The van der Waals surface area contributed by atoms with Gasteiger partial charge in [-0.3, -0.25) is 0 Å². The first-order chi connectivity index (χ1) is 13.3. The number of anilines is 2. The lowest BCUT2D eigenvalue weighted by Crippen LogP contribution is -2.45. The second kappa shape index (κ2) is 7.02. The fraction of sp³-hybridized carbons (Fsp3) is 0.250. The van der Waals surface area contributed by atoms with Gasteiger partial charge in [0.2, 0.25) is 11.5 Å². The van der Waals surface area contributed by atoms with Gasteiger partial charge in [-0.1, -0.05) is 45.4 Å². The summed E-state index contributed by atoms with van der Waals surface area (Å²) < 4.78 is 43.8. The van der Waals surface area contributed by atoms with Gasteiger partial charge in [-0.15, -0.1) is 0 Å². The Morgan fingerprint density at radius 1 is 1.21 bits per heavy atom. The maximum Gasteiger partial charge on any atom is 0.429 e. The highest BCUT2D eigenvalue weighted by Gasteiger charge is 2.58. The summed E-state index contributed by atoms with van der Waals surface area (Å²) in [5.74, 6) is 5.14. The molecule has 0 spiro atoms. The van der Waals surface area contributed by atoms with Crippen molar-refractivity contribution in [3.8, 4) is 11.8 Å². The molecule has 1 heterocycles. The number of nitrogens with one attached hydrogen (secondary N) is 2. The average molecular weight is 469 g/mol. The molecule has 1 aliphatic heterocycles. The number of hydrogen-bond donors (Lipinski definition) is 2. The fourth-order valence-electron chi connectivity index (χ4n) is 2.89. The molecule has 1 unspecified atom stereocenters. The van der Waals surface area contributed by atoms with Crippen LogP contribution < -0.4 is 10.6 Å². The second-order valence-electron chi connectivity index (χ2n) is 6.66. The van der Waals surface area contributed by atoms with Gasteiger partial charge < -0.3 is 10.6 Å². The largest absolute Gasteiger partial charge is 0.429 e. The summed E-state index contributed by atoms with van der Waals surface area (Å²) in [6, 6.07) is 11.4. The zero-order valence-electron chi connectivity index (χ0n) is 14.4. The van der Waals surface area contributed by atoms with Crippen LogP contribution in [0.25, 0.3) is 0 Å². The van der Waals surface area contributed by atoms with Crippen molar-refractivity contribution >= 4 is 44.9 Å². The maximum atomic E-state index is 14.3. The maximum absolute atomic E-state index is 14.3. The lowest BCUT2D eigenvalue weighted by Gasteiger charge is -2.34. The molecule has 2 aromatic rings. The predicted molar refractivity (Wildman–Crippen MR) is 109 cm³/mol. The minimum absolute atomic E-state index is 0.00608. The Labute approximate surface area is 173 Å². The van der Waals surface area contributed by atoms with Crippen molar-refractivity contribution < 1.29 is 13.2 Å². The third-order valence-electron chi connectivity index (χ3n) is 4.44. The summed E-state index contributed by atoms with van der Waals surface area (Å²) in [5, 5.41) is 6.03. The van der Waals surface area contributed by atoms with Crippen LogP contribution in [0.5, 0.6) is 0 Å². The molecule has 2 aliphatic rings. The second-order valence-corrected chi connectivity index (χ2v) is 8.01. The molecular weight excluding hydrogens is 455 g/mol. The van der Waals surface area contributed by atoms with Gasteiger partial charge in [-0.25, -0.2) is 4.99 Å². The fourth-order valence-corrected chi connectivity index (χ4v) is 3.46. The van der Waals surface area contributed by atoms with E-state index >= 15 is 0 Å². The molecule has 8 heteroatoms. The molecule has 0 aromatic heterocycles. The first-order valence-corrected chi connectivity index (χ1v) is 9.73. The molecule has 0 amide bonds. The molecule has 28 heavy (non-hydrogen) atoms. The van der Waals surface area contributed by atoms with Crippen LogP contribution in [-0.2, 0) is 5.54 Å². The summed E-state index contributed by atoms with van der Waals surface area (Å²) in [5.41, 5.74) is -1.93. The number of alkyl halides is 3. The molecule has 3 nitrogen and oxygen atoms in total. The van der Waals surface area contributed by atoms with Crippen LogP contribution in [0.3, 0.4) is 0 Å². The smallest absolute Gasteiger partial charge is 0.326 e. The van der Waals surface area contributed by atoms with E-state index in [2.05, 4.69) is 43.4 Å². The summed E-state index contributed by atoms with van der Waals surface area (Å²) in [6.07, 6.45) is -3.09. The zero-order valence-corrected chi connectivity index (χ0v) is 16.7. The number of fused-ring (bicyclic) bond motifs is 1. The lowest BCUT2D eigenvalue weighted by molar-refractivity contribution is -0.170. The van der Waals surface area contributed by atoms with Crippen molar-refractivity contribution in [2.75, 3.05) is 10.6 Å². The Morgan fingerprint density at radius 3 is 2.68 bits per heavy atom. The van der Waals surface area contributed by atoms with Crippen LogP contribution in [0.1, 0.15) is 18.4 Å². The topological polar surface area (TPSA) is 36.4 Å². The molecule has 1 fully saturated rings. The predicted octanol–water partition coefficient (Wildman–Crippen LogP) is 6.17. The van der Waals surface area contributed by atoms with Crippen LogP contribution in [0.15, 0.2) is 51.9 Å². The van der Waals surface area contributed by atoms with E-state index in [1.54, 1.807) is 18.2 Å². The highest BCUT2D eigenvalue weighted by molar-refractivity contribution is 9.10. The Kier molecular flexibility index (Phi) is 4.80. The Hall–Kier alpha value is -2.17. The molecule has 2 N–H and O–H groups in total. The molecule has 0 bridgehead atoms. The van der Waals surface area contributed by atoms with E-state index in [4.69, 9.17) is 11.6 Å². The number of hydrogen-bond acceptors (Lipinski definition) is 3. The number of rotatable bonds is 1. The summed E-state index contributed by atoms with van der Waals surface area (Å²) in [6.45, 7) is 0. The van der Waals surface area contributed by atoms with Gasteiger partial charge in [0.25, 0.3) is 0 Å². The third kappa shape index (κ3) is 3.71. The summed E-state index contributed by atoms with van der Waals surface area (Å²) in [4.78, 5) is 4.01. The molecule has 4 rings (SSSR count). The first kappa shape index (κ1) is 19.2. The number of benzene rings is 2.